The fourth-order valence-electron chi connectivity index (χ4n) is 0.887. The van der Waals surface area contributed by atoms with Crippen LogP contribution in [0.3, 0.4) is 0 Å². The predicted molar refractivity (Wildman–Crippen MR) is 38.1 cm³/mol. The first kappa shape index (κ1) is 6.99. The summed E-state index contributed by atoms with van der Waals surface area (Å²) in [6.07, 6.45) is 3.30. The van der Waals surface area contributed by atoms with Crippen LogP contribution in [-0.2, 0) is 4.79 Å². The number of rotatable bonds is 1. The fourth-order valence-corrected chi connectivity index (χ4v) is 0.887. The standard InChI is InChI=1S/C7H9NO2/c1-5-3-2-4-6(8-5)7(9)10/h3H,2,4H2,1H3,(H,9,10). The molecule has 0 aromatic heterocycles. The summed E-state index contributed by atoms with van der Waals surface area (Å²) in [6, 6.07) is 0. The fraction of sp³-hybridized carbons (Fsp3) is 0.429. The van der Waals surface area contributed by atoms with Crippen LogP contribution in [0.4, 0.5) is 0 Å². The molecule has 0 unspecified atom stereocenters. The molecule has 10 heavy (non-hydrogen) atoms. The van der Waals surface area contributed by atoms with Gasteiger partial charge in [0.25, 0.3) is 0 Å². The van der Waals surface area contributed by atoms with E-state index in [9.17, 15) is 4.79 Å². The summed E-state index contributed by atoms with van der Waals surface area (Å²) >= 11 is 0. The third kappa shape index (κ3) is 1.43. The largest absolute Gasteiger partial charge is 0.477 e. The molecule has 0 saturated carbocycles. The first-order valence-corrected chi connectivity index (χ1v) is 3.18. The summed E-state index contributed by atoms with van der Waals surface area (Å²) in [5, 5.41) is 8.50. The third-order valence-corrected chi connectivity index (χ3v) is 1.38. The van der Waals surface area contributed by atoms with E-state index >= 15 is 0 Å². The van der Waals surface area contributed by atoms with Crippen LogP contribution in [-0.4, -0.2) is 16.8 Å². The quantitative estimate of drug-likeness (QED) is 0.593. The average molecular weight is 139 g/mol. The van der Waals surface area contributed by atoms with E-state index in [1.165, 1.54) is 0 Å². The number of carboxylic acids is 1. The summed E-state index contributed by atoms with van der Waals surface area (Å²) in [4.78, 5) is 14.2. The van der Waals surface area contributed by atoms with Crippen molar-refractivity contribution in [3.05, 3.63) is 11.8 Å². The maximum absolute atomic E-state index is 10.3. The van der Waals surface area contributed by atoms with Gasteiger partial charge in [-0.2, -0.15) is 0 Å². The number of aliphatic carboxylic acids is 1. The van der Waals surface area contributed by atoms with Gasteiger partial charge < -0.3 is 5.11 Å². The van der Waals surface area contributed by atoms with Crippen molar-refractivity contribution < 1.29 is 9.90 Å². The van der Waals surface area contributed by atoms with Gasteiger partial charge in [0.15, 0.2) is 0 Å². The van der Waals surface area contributed by atoms with Crippen LogP contribution in [0.5, 0.6) is 0 Å². The first-order valence-electron chi connectivity index (χ1n) is 3.18. The van der Waals surface area contributed by atoms with E-state index in [0.717, 1.165) is 12.1 Å². The van der Waals surface area contributed by atoms with E-state index in [1.807, 2.05) is 13.0 Å². The molecule has 0 aliphatic carbocycles. The van der Waals surface area contributed by atoms with Crippen molar-refractivity contribution in [3.63, 3.8) is 0 Å². The molecule has 0 aromatic rings. The zero-order valence-corrected chi connectivity index (χ0v) is 5.79. The third-order valence-electron chi connectivity index (χ3n) is 1.38. The van der Waals surface area contributed by atoms with Crippen molar-refractivity contribution in [3.8, 4) is 0 Å². The lowest BCUT2D eigenvalue weighted by Crippen LogP contribution is -2.14. The minimum absolute atomic E-state index is 0.278. The zero-order chi connectivity index (χ0) is 7.56. The van der Waals surface area contributed by atoms with Crippen LogP contribution in [0.2, 0.25) is 0 Å². The number of aliphatic imine (C=N–C) groups is 1. The van der Waals surface area contributed by atoms with E-state index in [2.05, 4.69) is 4.99 Å². The normalized spacial score (nSPS) is 17.7. The smallest absolute Gasteiger partial charge is 0.350 e. The Labute approximate surface area is 59.1 Å². The molecule has 1 aliphatic rings. The maximum atomic E-state index is 10.3. The molecule has 0 spiro atoms. The lowest BCUT2D eigenvalue weighted by Gasteiger charge is -2.04. The number of hydrogen-bond donors (Lipinski definition) is 1. The molecule has 0 radical (unpaired) electrons. The number of hydrogen-bond acceptors (Lipinski definition) is 2. The summed E-state index contributed by atoms with van der Waals surface area (Å²) in [5.41, 5.74) is 1.09. The maximum Gasteiger partial charge on any atom is 0.350 e. The average Bonchev–Trinajstić information content (AvgIpc) is 1.88. The van der Waals surface area contributed by atoms with Crippen molar-refractivity contribution in [2.75, 3.05) is 0 Å². The number of carbonyl (C=O) groups is 1. The molecule has 54 valence electrons. The molecule has 1 N–H and O–H groups in total. The van der Waals surface area contributed by atoms with Gasteiger partial charge >= 0.3 is 5.97 Å². The van der Waals surface area contributed by atoms with Gasteiger partial charge in [0.05, 0.1) is 0 Å². The van der Waals surface area contributed by atoms with Crippen LogP contribution >= 0.6 is 0 Å². The molecule has 1 heterocycles. The minimum atomic E-state index is -0.896. The Bertz CT molecular complexity index is 216. The zero-order valence-electron chi connectivity index (χ0n) is 5.79. The Morgan fingerprint density at radius 1 is 1.80 bits per heavy atom. The molecular formula is C7H9NO2. The van der Waals surface area contributed by atoms with E-state index in [-0.39, 0.29) is 5.71 Å². The van der Waals surface area contributed by atoms with E-state index in [1.54, 1.807) is 0 Å². The highest BCUT2D eigenvalue weighted by Crippen LogP contribution is 2.09. The summed E-state index contributed by atoms with van der Waals surface area (Å²) in [6.45, 7) is 1.81. The van der Waals surface area contributed by atoms with E-state index in [0.29, 0.717) is 6.42 Å². The Balaban J connectivity index is 2.78. The topological polar surface area (TPSA) is 49.7 Å². The highest BCUT2D eigenvalue weighted by atomic mass is 16.4. The second-order valence-corrected chi connectivity index (χ2v) is 2.25. The molecule has 3 nitrogen and oxygen atoms in total. The van der Waals surface area contributed by atoms with Gasteiger partial charge in [-0.1, -0.05) is 6.08 Å². The summed E-state index contributed by atoms with van der Waals surface area (Å²) in [5.74, 6) is -0.896. The van der Waals surface area contributed by atoms with Crippen molar-refractivity contribution in [1.29, 1.82) is 0 Å². The van der Waals surface area contributed by atoms with Crippen LogP contribution in [0.1, 0.15) is 19.8 Å². The molecule has 1 rings (SSSR count). The summed E-state index contributed by atoms with van der Waals surface area (Å²) < 4.78 is 0. The van der Waals surface area contributed by atoms with Gasteiger partial charge in [0.2, 0.25) is 0 Å². The van der Waals surface area contributed by atoms with Gasteiger partial charge in [0, 0.05) is 12.1 Å². The van der Waals surface area contributed by atoms with E-state index < -0.39 is 5.97 Å². The van der Waals surface area contributed by atoms with Crippen LogP contribution in [0, 0.1) is 0 Å². The lowest BCUT2D eigenvalue weighted by molar-refractivity contribution is -0.129. The second kappa shape index (κ2) is 2.64. The predicted octanol–water partition coefficient (Wildman–Crippen LogP) is 1.21. The first-order chi connectivity index (χ1) is 4.70. The minimum Gasteiger partial charge on any atom is -0.477 e. The van der Waals surface area contributed by atoms with Gasteiger partial charge in [0.1, 0.15) is 5.71 Å². The lowest BCUT2D eigenvalue weighted by atomic mass is 10.1. The van der Waals surface area contributed by atoms with Gasteiger partial charge in [-0.3, -0.25) is 4.99 Å². The highest BCUT2D eigenvalue weighted by Gasteiger charge is 2.10. The van der Waals surface area contributed by atoms with E-state index in [4.69, 9.17) is 5.11 Å². The molecule has 0 saturated heterocycles. The van der Waals surface area contributed by atoms with Crippen molar-refractivity contribution >= 4 is 11.7 Å². The Morgan fingerprint density at radius 2 is 2.50 bits per heavy atom. The molecule has 3 heteroatoms. The van der Waals surface area contributed by atoms with Gasteiger partial charge in [-0.25, -0.2) is 4.79 Å². The Hall–Kier alpha value is -1.12. The molecule has 0 atom stereocenters. The number of allylic oxidation sites excluding steroid dienone is 2. The molecule has 0 bridgehead atoms. The molecule has 0 amide bonds. The van der Waals surface area contributed by atoms with Crippen LogP contribution in [0.15, 0.2) is 16.8 Å². The molecular weight excluding hydrogens is 130 g/mol. The number of carboxylic acid groups (broad SMARTS) is 1. The van der Waals surface area contributed by atoms with Crippen molar-refractivity contribution in [1.82, 2.24) is 0 Å². The van der Waals surface area contributed by atoms with Gasteiger partial charge in [-0.15, -0.1) is 0 Å². The SMILES string of the molecule is CC1=CCCC(C(=O)O)=N1. The molecule has 0 fully saturated rings. The monoisotopic (exact) mass is 139 g/mol. The molecule has 1 aliphatic heterocycles. The van der Waals surface area contributed by atoms with Crippen molar-refractivity contribution in [2.45, 2.75) is 19.8 Å². The van der Waals surface area contributed by atoms with Crippen LogP contribution in [0.25, 0.3) is 0 Å². The second-order valence-electron chi connectivity index (χ2n) is 2.25. The Kier molecular flexibility index (Phi) is 1.85. The van der Waals surface area contributed by atoms with Crippen LogP contribution < -0.4 is 0 Å². The van der Waals surface area contributed by atoms with Crippen molar-refractivity contribution in [2.24, 2.45) is 4.99 Å². The molecule has 0 aromatic carbocycles. The van der Waals surface area contributed by atoms with Gasteiger partial charge in [-0.05, 0) is 13.3 Å². The number of nitrogens with zero attached hydrogens (tertiary/aromatic N) is 1. The highest BCUT2D eigenvalue weighted by molar-refractivity contribution is 6.36. The summed E-state index contributed by atoms with van der Waals surface area (Å²) in [7, 11) is 0. The Morgan fingerprint density at radius 3 is 2.90 bits per heavy atom.